The highest BCUT2D eigenvalue weighted by atomic mass is 32.2. The van der Waals surface area contributed by atoms with Crippen LogP contribution in [-0.2, 0) is 21.2 Å². The number of nitrogens with one attached hydrogen (secondary N) is 1. The molecule has 7 heteroatoms. The second-order valence-corrected chi connectivity index (χ2v) is 9.33. The average Bonchev–Trinajstić information content (AvgIpc) is 2.41. The number of ether oxygens (including phenoxy) is 1. The van der Waals surface area contributed by atoms with E-state index < -0.39 is 15.9 Å². The Morgan fingerprint density at radius 3 is 2.50 bits per heavy atom. The number of hydrogen-bond donors (Lipinski definition) is 2. The molecule has 1 atom stereocenters. The Kier molecular flexibility index (Phi) is 6.80. The largest absolute Gasteiger partial charge is 0.488 e. The van der Waals surface area contributed by atoms with Gasteiger partial charge in [0.25, 0.3) is 0 Å². The van der Waals surface area contributed by atoms with Gasteiger partial charge in [0.15, 0.2) is 0 Å². The fourth-order valence-electron chi connectivity index (χ4n) is 2.02. The minimum absolute atomic E-state index is 0.101. The third-order valence-electron chi connectivity index (χ3n) is 3.23. The van der Waals surface area contributed by atoms with Crippen molar-refractivity contribution in [1.29, 1.82) is 0 Å². The molecule has 0 spiro atoms. The lowest BCUT2D eigenvalue weighted by molar-refractivity contribution is -0.122. The summed E-state index contributed by atoms with van der Waals surface area (Å²) in [6.45, 7) is 8.12. The van der Waals surface area contributed by atoms with Crippen LogP contribution in [0, 0.1) is 6.92 Å². The molecule has 0 aliphatic rings. The summed E-state index contributed by atoms with van der Waals surface area (Å²) in [4.78, 5) is 12.0. The molecule has 1 rings (SSSR count). The number of hydrogen-bond acceptors (Lipinski definition) is 5. The molecule has 0 aromatic heterocycles. The van der Waals surface area contributed by atoms with Crippen molar-refractivity contribution in [1.82, 2.24) is 5.32 Å². The lowest BCUT2D eigenvalue weighted by Gasteiger charge is -2.24. The van der Waals surface area contributed by atoms with Gasteiger partial charge in [-0.1, -0.05) is 12.1 Å². The summed E-state index contributed by atoms with van der Waals surface area (Å²) >= 11 is 0. The molecule has 1 aromatic rings. The topological polar surface area (TPSA) is 98.5 Å². The van der Waals surface area contributed by atoms with E-state index in [4.69, 9.17) is 10.5 Å². The van der Waals surface area contributed by atoms with Crippen LogP contribution in [0.4, 0.5) is 0 Å². The fourth-order valence-corrected chi connectivity index (χ4v) is 2.70. The molecule has 6 nitrogen and oxygen atoms in total. The van der Waals surface area contributed by atoms with Crippen molar-refractivity contribution in [3.63, 3.8) is 0 Å². The van der Waals surface area contributed by atoms with Crippen molar-refractivity contribution in [2.24, 2.45) is 5.73 Å². The summed E-state index contributed by atoms with van der Waals surface area (Å²) in [5.41, 5.74) is 7.31. The third kappa shape index (κ3) is 7.79. The first kappa shape index (κ1) is 20.4. The third-order valence-corrected chi connectivity index (χ3v) is 4.21. The van der Waals surface area contributed by atoms with Crippen molar-refractivity contribution in [2.75, 3.05) is 12.0 Å². The molecule has 136 valence electrons. The first-order valence-corrected chi connectivity index (χ1v) is 9.93. The molecule has 3 N–H and O–H groups in total. The average molecular weight is 356 g/mol. The van der Waals surface area contributed by atoms with Gasteiger partial charge in [-0.3, -0.25) is 4.79 Å². The van der Waals surface area contributed by atoms with Gasteiger partial charge in [-0.2, -0.15) is 0 Å². The molecule has 0 heterocycles. The summed E-state index contributed by atoms with van der Waals surface area (Å²) in [7, 11) is -3.13. The minimum atomic E-state index is -3.13. The molecule has 0 saturated carbocycles. The standard InChI is InChI=1S/C17H28N2O4S/c1-12-6-7-13(15(10-12)23-17(2,3)4)11-19-16(20)14(18)8-9-24(5,21)22/h6-7,10,14H,8-9,11,18H2,1-5H3,(H,19,20). The van der Waals surface area contributed by atoms with Gasteiger partial charge in [0.1, 0.15) is 21.2 Å². The van der Waals surface area contributed by atoms with Crippen LogP contribution in [0.5, 0.6) is 5.75 Å². The Bertz CT molecular complexity index is 678. The number of carbonyl (C=O) groups is 1. The Labute approximate surface area is 144 Å². The highest BCUT2D eigenvalue weighted by Crippen LogP contribution is 2.24. The molecule has 1 unspecified atom stereocenters. The van der Waals surface area contributed by atoms with Crippen LogP contribution in [0.3, 0.4) is 0 Å². The predicted molar refractivity (Wildman–Crippen MR) is 95.7 cm³/mol. The lowest BCUT2D eigenvalue weighted by atomic mass is 10.1. The van der Waals surface area contributed by atoms with Gasteiger partial charge < -0.3 is 15.8 Å². The number of amides is 1. The van der Waals surface area contributed by atoms with Gasteiger partial charge >= 0.3 is 0 Å². The SMILES string of the molecule is Cc1ccc(CNC(=O)C(N)CCS(C)(=O)=O)c(OC(C)(C)C)c1. The zero-order chi connectivity index (χ0) is 18.5. The second kappa shape index (κ2) is 7.98. The zero-order valence-corrected chi connectivity index (χ0v) is 15.9. The number of carbonyl (C=O) groups excluding carboxylic acids is 1. The number of sulfone groups is 1. The number of nitrogens with two attached hydrogens (primary N) is 1. The smallest absolute Gasteiger partial charge is 0.237 e. The van der Waals surface area contributed by atoms with Crippen LogP contribution in [-0.4, -0.2) is 38.0 Å². The van der Waals surface area contributed by atoms with E-state index in [-0.39, 0.29) is 30.2 Å². The first-order valence-electron chi connectivity index (χ1n) is 7.87. The zero-order valence-electron chi connectivity index (χ0n) is 15.0. The minimum Gasteiger partial charge on any atom is -0.488 e. The molecule has 1 aromatic carbocycles. The van der Waals surface area contributed by atoms with Gasteiger partial charge in [-0.25, -0.2) is 8.42 Å². The molecule has 0 aliphatic heterocycles. The quantitative estimate of drug-likeness (QED) is 0.772. The van der Waals surface area contributed by atoms with E-state index in [9.17, 15) is 13.2 Å². The molecule has 0 saturated heterocycles. The number of aryl methyl sites for hydroxylation is 1. The molecule has 0 fully saturated rings. The molecule has 0 radical (unpaired) electrons. The van der Waals surface area contributed by atoms with Crippen molar-refractivity contribution >= 4 is 15.7 Å². The van der Waals surface area contributed by atoms with E-state index >= 15 is 0 Å². The molecule has 24 heavy (non-hydrogen) atoms. The maximum absolute atomic E-state index is 12.0. The van der Waals surface area contributed by atoms with Crippen molar-refractivity contribution in [3.8, 4) is 5.75 Å². The normalized spacial score (nSPS) is 13.4. The number of benzene rings is 1. The van der Waals surface area contributed by atoms with Crippen molar-refractivity contribution < 1.29 is 17.9 Å². The van der Waals surface area contributed by atoms with E-state index in [1.54, 1.807) is 0 Å². The number of rotatable bonds is 7. The molecule has 0 bridgehead atoms. The Morgan fingerprint density at radius 2 is 1.96 bits per heavy atom. The van der Waals surface area contributed by atoms with Crippen LogP contribution in [0.25, 0.3) is 0 Å². The molecular weight excluding hydrogens is 328 g/mol. The summed E-state index contributed by atoms with van der Waals surface area (Å²) in [6, 6.07) is 4.92. The highest BCUT2D eigenvalue weighted by molar-refractivity contribution is 7.90. The Balaban J connectivity index is 2.71. The van der Waals surface area contributed by atoms with Crippen LogP contribution in [0.15, 0.2) is 18.2 Å². The maximum Gasteiger partial charge on any atom is 0.237 e. The van der Waals surface area contributed by atoms with E-state index in [1.165, 1.54) is 0 Å². The maximum atomic E-state index is 12.0. The van der Waals surface area contributed by atoms with Crippen LogP contribution < -0.4 is 15.8 Å². The van der Waals surface area contributed by atoms with Gasteiger partial charge in [0.05, 0.1) is 11.8 Å². The van der Waals surface area contributed by atoms with E-state index in [0.29, 0.717) is 5.75 Å². The van der Waals surface area contributed by atoms with Gasteiger partial charge in [-0.15, -0.1) is 0 Å². The fraction of sp³-hybridized carbons (Fsp3) is 0.588. The summed E-state index contributed by atoms with van der Waals surface area (Å²) in [6.07, 6.45) is 1.23. The van der Waals surface area contributed by atoms with Gasteiger partial charge in [-0.05, 0) is 45.7 Å². The van der Waals surface area contributed by atoms with Crippen LogP contribution >= 0.6 is 0 Å². The van der Waals surface area contributed by atoms with E-state index in [1.807, 2.05) is 45.9 Å². The molecule has 0 aliphatic carbocycles. The van der Waals surface area contributed by atoms with E-state index in [0.717, 1.165) is 17.4 Å². The summed E-state index contributed by atoms with van der Waals surface area (Å²) in [5.74, 6) is 0.235. The highest BCUT2D eigenvalue weighted by Gasteiger charge is 2.18. The van der Waals surface area contributed by atoms with E-state index in [2.05, 4.69) is 5.32 Å². The Morgan fingerprint density at radius 1 is 1.33 bits per heavy atom. The predicted octanol–water partition coefficient (Wildman–Crippen LogP) is 1.55. The van der Waals surface area contributed by atoms with Crippen molar-refractivity contribution in [3.05, 3.63) is 29.3 Å². The van der Waals surface area contributed by atoms with Gasteiger partial charge in [0, 0.05) is 18.4 Å². The summed E-state index contributed by atoms with van der Waals surface area (Å²) in [5, 5.41) is 2.74. The van der Waals surface area contributed by atoms with Crippen LogP contribution in [0.1, 0.15) is 38.3 Å². The summed E-state index contributed by atoms with van der Waals surface area (Å²) < 4.78 is 28.2. The van der Waals surface area contributed by atoms with Gasteiger partial charge in [0.2, 0.25) is 5.91 Å². The van der Waals surface area contributed by atoms with Crippen LogP contribution in [0.2, 0.25) is 0 Å². The van der Waals surface area contributed by atoms with Crippen molar-refractivity contribution in [2.45, 2.75) is 52.3 Å². The lowest BCUT2D eigenvalue weighted by Crippen LogP contribution is -2.41. The molecular formula is C17H28N2O4S. The Hall–Kier alpha value is -1.60. The molecule has 1 amide bonds. The second-order valence-electron chi connectivity index (χ2n) is 7.07. The monoisotopic (exact) mass is 356 g/mol. The first-order chi connectivity index (χ1) is 10.9.